The van der Waals surface area contributed by atoms with E-state index in [1.165, 1.54) is 54.2 Å². The van der Waals surface area contributed by atoms with Crippen LogP contribution in [0.2, 0.25) is 0 Å². The van der Waals surface area contributed by atoms with Crippen molar-refractivity contribution in [3.63, 3.8) is 0 Å². The first-order chi connectivity index (χ1) is 27.3. The van der Waals surface area contributed by atoms with Gasteiger partial charge >= 0.3 is 12.1 Å². The third-order valence-electron chi connectivity index (χ3n) is 9.06. The van der Waals surface area contributed by atoms with Crippen LogP contribution >= 0.6 is 11.8 Å². The summed E-state index contributed by atoms with van der Waals surface area (Å²) in [4.78, 5) is 45.8. The summed E-state index contributed by atoms with van der Waals surface area (Å²) < 4.78 is 73.5. The highest BCUT2D eigenvalue weighted by Crippen LogP contribution is 2.42. The molecule has 0 radical (unpaired) electrons. The second-order valence-electron chi connectivity index (χ2n) is 13.3. The van der Waals surface area contributed by atoms with Gasteiger partial charge in [-0.2, -0.15) is 10.4 Å². The number of hydrogen-bond donors (Lipinski definition) is 0. The number of likely N-dealkylation sites (tertiary alicyclic amines) is 1. The van der Waals surface area contributed by atoms with Crippen LogP contribution < -0.4 is 0 Å². The van der Waals surface area contributed by atoms with Crippen LogP contribution in [0.15, 0.2) is 79.4 Å². The lowest BCUT2D eigenvalue weighted by atomic mass is 9.89. The molecule has 2 aliphatic heterocycles. The van der Waals surface area contributed by atoms with E-state index in [-0.39, 0.29) is 48.1 Å². The first-order valence-corrected chi connectivity index (χ1v) is 18.7. The van der Waals surface area contributed by atoms with Crippen molar-refractivity contribution < 1.29 is 51.2 Å². The number of halogens is 3. The zero-order chi connectivity index (χ0) is 41.1. The van der Waals surface area contributed by atoms with Gasteiger partial charge in [-0.1, -0.05) is 24.3 Å². The first kappa shape index (κ1) is 42.7. The normalized spacial score (nSPS) is 19.6. The maximum Gasteiger partial charge on any atom is 0.512 e. The molecular formula is C39H41F3N6O8S. The van der Waals surface area contributed by atoms with Gasteiger partial charge in [0.1, 0.15) is 30.1 Å². The summed E-state index contributed by atoms with van der Waals surface area (Å²) in [5.41, 5.74) is -1.62. The number of aromatic nitrogens is 3. The fourth-order valence-corrected chi connectivity index (χ4v) is 7.23. The zero-order valence-corrected chi connectivity index (χ0v) is 32.3. The van der Waals surface area contributed by atoms with Crippen molar-refractivity contribution in [2.45, 2.75) is 55.1 Å². The summed E-state index contributed by atoms with van der Waals surface area (Å²) in [6.45, 7) is 3.97. The van der Waals surface area contributed by atoms with E-state index in [9.17, 15) is 23.2 Å². The predicted molar refractivity (Wildman–Crippen MR) is 200 cm³/mol. The number of amides is 1. The number of likely N-dealkylation sites (N-methyl/N-ethyl adjacent to an activating group) is 1. The summed E-state index contributed by atoms with van der Waals surface area (Å²) in [6.07, 6.45) is 7.33. The summed E-state index contributed by atoms with van der Waals surface area (Å²) in [6, 6.07) is 9.09. The van der Waals surface area contributed by atoms with E-state index in [0.717, 1.165) is 30.4 Å². The molecule has 0 N–H and O–H groups in total. The molecule has 3 heterocycles. The molecule has 2 fully saturated rings. The molecule has 5 rings (SSSR count). The molecular weight excluding hydrogens is 770 g/mol. The topological polar surface area (TPSA) is 158 Å². The minimum Gasteiger partial charge on any atom is -0.422 e. The SMILES string of the molecule is CC(OC(=O)C=CC(=O)N1CC(N(C)C)C1)OC(=O)OC(Cn1cncn1)(c1ccc(F)cc1F)C(C)SC1COC(C=CC=Cc2ccc(C#N)cc2F)OC1. The highest BCUT2D eigenvalue weighted by Gasteiger charge is 2.47. The molecule has 302 valence electrons. The standard InChI is InChI=1S/C39H41F3N6O8S/c1-25(57-31-20-52-37(53-21-31)8-6-5-7-28-10-9-27(17-43)15-33(28)41)39(22-48-24-44-23-45-48,32-12-11-29(40)16-34(32)42)56-38(51)55-26(2)54-36(50)14-13-35(49)47-18-30(19-47)46(3)4/h5-16,23-26,30-31,37H,18-22H2,1-4H3. The molecule has 0 saturated carbocycles. The maximum atomic E-state index is 15.7. The Bertz CT molecular complexity index is 2010. The second-order valence-corrected chi connectivity index (χ2v) is 14.9. The lowest BCUT2D eigenvalue weighted by Gasteiger charge is -2.42. The Balaban J connectivity index is 1.25. The summed E-state index contributed by atoms with van der Waals surface area (Å²) in [5.74, 6) is -3.75. The number of thioether (sulfide) groups is 1. The van der Waals surface area contributed by atoms with Gasteiger partial charge in [0, 0.05) is 60.7 Å². The Morgan fingerprint density at radius 2 is 1.81 bits per heavy atom. The van der Waals surface area contributed by atoms with E-state index in [2.05, 4.69) is 10.1 Å². The van der Waals surface area contributed by atoms with Crippen LogP contribution in [0.4, 0.5) is 18.0 Å². The lowest BCUT2D eigenvalue weighted by Crippen LogP contribution is -2.58. The van der Waals surface area contributed by atoms with Gasteiger partial charge in [0.15, 0.2) is 11.9 Å². The van der Waals surface area contributed by atoms with Crippen molar-refractivity contribution in [2.75, 3.05) is 40.4 Å². The number of hydrogen-bond acceptors (Lipinski definition) is 13. The second kappa shape index (κ2) is 19.6. The van der Waals surface area contributed by atoms with Crippen LogP contribution in [0.25, 0.3) is 6.08 Å². The highest BCUT2D eigenvalue weighted by molar-refractivity contribution is 8.00. The molecule has 1 amide bonds. The Kier molecular flexibility index (Phi) is 14.7. The van der Waals surface area contributed by atoms with Crippen molar-refractivity contribution in [3.05, 3.63) is 114 Å². The largest absolute Gasteiger partial charge is 0.512 e. The average Bonchev–Trinajstić information content (AvgIpc) is 3.65. The van der Waals surface area contributed by atoms with Crippen LogP contribution in [0, 0.1) is 28.8 Å². The Morgan fingerprint density at radius 3 is 2.46 bits per heavy atom. The number of carbonyl (C=O) groups is 3. The monoisotopic (exact) mass is 810 g/mol. The molecule has 18 heteroatoms. The first-order valence-electron chi connectivity index (χ1n) is 17.7. The molecule has 14 nitrogen and oxygen atoms in total. The van der Waals surface area contributed by atoms with Crippen LogP contribution in [-0.2, 0) is 45.4 Å². The minimum atomic E-state index is -1.92. The molecule has 1 aromatic heterocycles. The smallest absolute Gasteiger partial charge is 0.422 e. The van der Waals surface area contributed by atoms with Crippen LogP contribution in [0.5, 0.6) is 0 Å². The Labute approximate surface area is 331 Å². The van der Waals surface area contributed by atoms with Crippen molar-refractivity contribution >= 4 is 35.9 Å². The van der Waals surface area contributed by atoms with Crippen LogP contribution in [0.1, 0.15) is 30.5 Å². The number of carbonyl (C=O) groups excluding carboxylic acids is 3. The van der Waals surface area contributed by atoms with Gasteiger partial charge in [0.25, 0.3) is 0 Å². The molecule has 3 atom stereocenters. The summed E-state index contributed by atoms with van der Waals surface area (Å²) >= 11 is 1.24. The molecule has 2 aliphatic rings. The van der Waals surface area contributed by atoms with Gasteiger partial charge in [-0.3, -0.25) is 4.79 Å². The van der Waals surface area contributed by atoms with Crippen molar-refractivity contribution in [3.8, 4) is 6.07 Å². The molecule has 3 unspecified atom stereocenters. The van der Waals surface area contributed by atoms with E-state index in [1.54, 1.807) is 30.1 Å². The van der Waals surface area contributed by atoms with E-state index >= 15 is 4.39 Å². The van der Waals surface area contributed by atoms with E-state index in [1.807, 2.05) is 25.1 Å². The molecule has 2 saturated heterocycles. The lowest BCUT2D eigenvalue weighted by molar-refractivity contribution is -0.166. The summed E-state index contributed by atoms with van der Waals surface area (Å²) in [7, 11) is 3.81. The Morgan fingerprint density at radius 1 is 1.05 bits per heavy atom. The number of allylic oxidation sites excluding steroid dienone is 2. The van der Waals surface area contributed by atoms with Gasteiger partial charge in [0.05, 0.1) is 36.6 Å². The fourth-order valence-electron chi connectivity index (χ4n) is 5.87. The minimum absolute atomic E-state index is 0.157. The molecule has 3 aromatic rings. The number of rotatable bonds is 15. The van der Waals surface area contributed by atoms with Gasteiger partial charge in [-0.15, -0.1) is 11.8 Å². The number of ether oxygens (including phenoxy) is 5. The zero-order valence-electron chi connectivity index (χ0n) is 31.5. The molecule has 0 bridgehead atoms. The molecule has 0 spiro atoms. The van der Waals surface area contributed by atoms with Gasteiger partial charge in [-0.05, 0) is 51.4 Å². The Hall–Kier alpha value is -5.48. The number of esters is 1. The van der Waals surface area contributed by atoms with E-state index in [4.69, 9.17) is 28.9 Å². The molecule has 57 heavy (non-hydrogen) atoms. The van der Waals surface area contributed by atoms with E-state index < -0.39 is 53.0 Å². The highest BCUT2D eigenvalue weighted by atomic mass is 32.2. The van der Waals surface area contributed by atoms with Gasteiger partial charge < -0.3 is 33.5 Å². The molecule has 2 aromatic carbocycles. The quantitative estimate of drug-likeness (QED) is 0.0879. The van der Waals surface area contributed by atoms with Gasteiger partial charge in [-0.25, -0.2) is 32.4 Å². The predicted octanol–water partition coefficient (Wildman–Crippen LogP) is 4.97. The fraction of sp³-hybridized carbons (Fsp3) is 0.385. The van der Waals surface area contributed by atoms with Crippen molar-refractivity contribution in [2.24, 2.45) is 0 Å². The van der Waals surface area contributed by atoms with Crippen molar-refractivity contribution in [1.29, 1.82) is 5.26 Å². The summed E-state index contributed by atoms with van der Waals surface area (Å²) in [5, 5.41) is 11.9. The number of nitrogens with zero attached hydrogens (tertiary/aromatic N) is 6. The number of benzene rings is 2. The van der Waals surface area contributed by atoms with Crippen molar-refractivity contribution in [1.82, 2.24) is 24.6 Å². The van der Waals surface area contributed by atoms with E-state index in [0.29, 0.717) is 24.7 Å². The molecule has 0 aliphatic carbocycles. The van der Waals surface area contributed by atoms with Crippen LogP contribution in [0.3, 0.4) is 0 Å². The average molecular weight is 811 g/mol. The maximum absolute atomic E-state index is 15.7. The third-order valence-corrected chi connectivity index (χ3v) is 10.5. The van der Waals surface area contributed by atoms with Crippen LogP contribution in [-0.4, -0.2) is 112 Å². The van der Waals surface area contributed by atoms with Gasteiger partial charge in [0.2, 0.25) is 12.2 Å². The third kappa shape index (κ3) is 11.5. The number of nitriles is 1.